The minimum atomic E-state index is -1.05. The number of amides is 3. The lowest BCUT2D eigenvalue weighted by molar-refractivity contribution is -0.140. The lowest BCUT2D eigenvalue weighted by atomic mass is 9.96. The number of aryl methyl sites for hydroxylation is 2. The van der Waals surface area contributed by atoms with Crippen molar-refractivity contribution >= 4 is 23.7 Å². The standard InChI is InChI=1S/C26H33N5O5/c1-17(2)22(31-26(35)36-16-18-8-4-3-5-9-18)24(33)30-21-12-11-20-15-29-28-14-19(20)10-6-7-13-27-25(34)23(21)32/h3-5,8-9,14-15,17,21-22H,6-7,10-13,16H2,1-2H3,(H,27,34)(H,30,33)(H,31,35). The van der Waals surface area contributed by atoms with Crippen molar-refractivity contribution in [3.8, 4) is 0 Å². The van der Waals surface area contributed by atoms with Gasteiger partial charge in [0.1, 0.15) is 12.6 Å². The summed E-state index contributed by atoms with van der Waals surface area (Å²) < 4.78 is 5.24. The second kappa shape index (κ2) is 13.3. The highest BCUT2D eigenvalue weighted by atomic mass is 16.5. The number of Topliss-reactive ketones (excluding diaryl/α,β-unsaturated/α-hetero) is 1. The van der Waals surface area contributed by atoms with E-state index >= 15 is 0 Å². The van der Waals surface area contributed by atoms with Gasteiger partial charge < -0.3 is 20.7 Å². The summed E-state index contributed by atoms with van der Waals surface area (Å²) in [6.07, 6.45) is 5.62. The molecule has 0 aliphatic carbocycles. The van der Waals surface area contributed by atoms with E-state index in [-0.39, 0.29) is 18.9 Å². The van der Waals surface area contributed by atoms with Crippen LogP contribution in [0.4, 0.5) is 4.79 Å². The number of benzene rings is 1. The van der Waals surface area contributed by atoms with Gasteiger partial charge in [0.05, 0.1) is 18.4 Å². The number of hydrogen-bond donors (Lipinski definition) is 3. The van der Waals surface area contributed by atoms with Gasteiger partial charge in [-0.05, 0) is 54.7 Å². The first-order valence-corrected chi connectivity index (χ1v) is 12.2. The monoisotopic (exact) mass is 495 g/mol. The summed E-state index contributed by atoms with van der Waals surface area (Å²) in [7, 11) is 0. The molecule has 1 aromatic heterocycles. The van der Waals surface area contributed by atoms with Crippen molar-refractivity contribution in [2.45, 2.75) is 64.6 Å². The summed E-state index contributed by atoms with van der Waals surface area (Å²) in [5.74, 6) is -2.31. The number of hydrogen-bond acceptors (Lipinski definition) is 7. The quantitative estimate of drug-likeness (QED) is 0.520. The lowest BCUT2D eigenvalue weighted by Crippen LogP contribution is -2.55. The van der Waals surface area contributed by atoms with E-state index < -0.39 is 35.8 Å². The first-order valence-electron chi connectivity index (χ1n) is 12.2. The van der Waals surface area contributed by atoms with Crippen molar-refractivity contribution < 1.29 is 23.9 Å². The summed E-state index contributed by atoms with van der Waals surface area (Å²) in [5, 5.41) is 15.8. The fraction of sp³-hybridized carbons (Fsp3) is 0.462. The highest BCUT2D eigenvalue weighted by molar-refractivity contribution is 6.38. The molecule has 2 aromatic rings. The zero-order chi connectivity index (χ0) is 25.9. The van der Waals surface area contributed by atoms with Gasteiger partial charge >= 0.3 is 6.09 Å². The maximum Gasteiger partial charge on any atom is 0.408 e. The molecule has 0 saturated heterocycles. The van der Waals surface area contributed by atoms with Crippen LogP contribution >= 0.6 is 0 Å². The summed E-state index contributed by atoms with van der Waals surface area (Å²) in [6.45, 7) is 3.96. The van der Waals surface area contributed by atoms with E-state index in [0.717, 1.165) is 29.5 Å². The van der Waals surface area contributed by atoms with Crippen LogP contribution in [0, 0.1) is 5.92 Å². The maximum atomic E-state index is 13.1. The Kier molecular flexibility index (Phi) is 9.91. The van der Waals surface area contributed by atoms with Crippen LogP contribution in [0.15, 0.2) is 42.7 Å². The third-order valence-corrected chi connectivity index (χ3v) is 6.06. The lowest BCUT2D eigenvalue weighted by Gasteiger charge is -2.25. The summed E-state index contributed by atoms with van der Waals surface area (Å²) in [5.41, 5.74) is 2.78. The molecule has 192 valence electrons. The molecule has 2 atom stereocenters. The Balaban J connectivity index is 1.68. The molecule has 10 heteroatoms. The minimum absolute atomic E-state index is 0.0582. The van der Waals surface area contributed by atoms with Crippen molar-refractivity contribution in [2.75, 3.05) is 6.54 Å². The van der Waals surface area contributed by atoms with Gasteiger partial charge in [-0.2, -0.15) is 10.2 Å². The molecule has 3 N–H and O–H groups in total. The minimum Gasteiger partial charge on any atom is -0.445 e. The number of nitrogens with zero attached hydrogens (tertiary/aromatic N) is 2. The molecule has 1 aliphatic heterocycles. The zero-order valence-corrected chi connectivity index (χ0v) is 20.7. The first-order chi connectivity index (χ1) is 17.3. The highest BCUT2D eigenvalue weighted by Gasteiger charge is 2.32. The van der Waals surface area contributed by atoms with Crippen LogP contribution in [0.25, 0.3) is 0 Å². The van der Waals surface area contributed by atoms with E-state index in [2.05, 4.69) is 26.1 Å². The predicted molar refractivity (Wildman–Crippen MR) is 132 cm³/mol. The fourth-order valence-corrected chi connectivity index (χ4v) is 3.97. The van der Waals surface area contributed by atoms with Crippen molar-refractivity contribution in [3.63, 3.8) is 0 Å². The molecule has 0 fully saturated rings. The van der Waals surface area contributed by atoms with Crippen molar-refractivity contribution in [1.29, 1.82) is 0 Å². The third kappa shape index (κ3) is 7.86. The molecule has 36 heavy (non-hydrogen) atoms. The number of fused-ring (bicyclic) bond motifs is 1. The van der Waals surface area contributed by atoms with Crippen molar-refractivity contribution in [1.82, 2.24) is 26.1 Å². The summed E-state index contributed by atoms with van der Waals surface area (Å²) in [4.78, 5) is 50.9. The highest BCUT2D eigenvalue weighted by Crippen LogP contribution is 2.15. The molecular formula is C26H33N5O5. The van der Waals surface area contributed by atoms with Crippen molar-refractivity contribution in [3.05, 3.63) is 59.4 Å². The molecule has 10 nitrogen and oxygen atoms in total. The molecule has 0 bridgehead atoms. The Morgan fingerprint density at radius 1 is 1.06 bits per heavy atom. The van der Waals surface area contributed by atoms with Crippen molar-refractivity contribution in [2.24, 2.45) is 5.92 Å². The second-order valence-electron chi connectivity index (χ2n) is 9.14. The molecule has 2 heterocycles. The Morgan fingerprint density at radius 2 is 1.75 bits per heavy atom. The van der Waals surface area contributed by atoms with Gasteiger partial charge in [-0.3, -0.25) is 14.4 Å². The van der Waals surface area contributed by atoms with E-state index in [1.165, 1.54) is 0 Å². The van der Waals surface area contributed by atoms with Gasteiger partial charge in [-0.15, -0.1) is 0 Å². The molecule has 2 unspecified atom stereocenters. The molecule has 0 radical (unpaired) electrons. The number of aromatic nitrogens is 2. The van der Waals surface area contributed by atoms with E-state index in [9.17, 15) is 19.2 Å². The van der Waals surface area contributed by atoms with Crippen LogP contribution in [0.2, 0.25) is 0 Å². The predicted octanol–water partition coefficient (Wildman–Crippen LogP) is 1.87. The first kappa shape index (κ1) is 26.8. The molecular weight excluding hydrogens is 462 g/mol. The molecule has 3 rings (SSSR count). The molecule has 1 aromatic carbocycles. The van der Waals surface area contributed by atoms with Crippen LogP contribution in [-0.2, 0) is 38.6 Å². The largest absolute Gasteiger partial charge is 0.445 e. The summed E-state index contributed by atoms with van der Waals surface area (Å²) in [6, 6.07) is 7.17. The van der Waals surface area contributed by atoms with Gasteiger partial charge in [0.25, 0.3) is 5.91 Å². The smallest absolute Gasteiger partial charge is 0.408 e. The number of ether oxygens (including phenoxy) is 1. The van der Waals surface area contributed by atoms with Gasteiger partial charge in [0.15, 0.2) is 0 Å². The van der Waals surface area contributed by atoms with Gasteiger partial charge in [-0.25, -0.2) is 4.79 Å². The van der Waals surface area contributed by atoms with E-state index in [1.807, 2.05) is 30.3 Å². The topological polar surface area (TPSA) is 139 Å². The molecule has 3 amide bonds. The van der Waals surface area contributed by atoms with Crippen LogP contribution in [0.3, 0.4) is 0 Å². The van der Waals surface area contributed by atoms with E-state index in [1.54, 1.807) is 26.2 Å². The number of nitrogens with one attached hydrogen (secondary N) is 3. The molecule has 0 spiro atoms. The number of rotatable bonds is 6. The fourth-order valence-electron chi connectivity index (χ4n) is 3.97. The van der Waals surface area contributed by atoms with Gasteiger partial charge in [0.2, 0.25) is 11.7 Å². The Bertz CT molecular complexity index is 1060. The SMILES string of the molecule is CC(C)C(NC(=O)OCc1ccccc1)C(=O)NC1CCc2cnncc2CCCCNC(=O)C1=O. The summed E-state index contributed by atoms with van der Waals surface area (Å²) >= 11 is 0. The average Bonchev–Trinajstić information content (AvgIpc) is 2.88. The van der Waals surface area contributed by atoms with E-state index in [0.29, 0.717) is 19.4 Å². The van der Waals surface area contributed by atoms with Gasteiger partial charge in [-0.1, -0.05) is 44.2 Å². The van der Waals surface area contributed by atoms with Crippen LogP contribution in [0.5, 0.6) is 0 Å². The number of alkyl carbamates (subject to hydrolysis) is 1. The zero-order valence-electron chi connectivity index (χ0n) is 20.7. The number of ketones is 1. The van der Waals surface area contributed by atoms with Crippen LogP contribution < -0.4 is 16.0 Å². The molecule has 0 saturated carbocycles. The van der Waals surface area contributed by atoms with Gasteiger partial charge in [0, 0.05) is 6.54 Å². The van der Waals surface area contributed by atoms with Crippen LogP contribution in [-0.4, -0.2) is 52.5 Å². The number of carbonyl (C=O) groups excluding carboxylic acids is 4. The third-order valence-electron chi connectivity index (χ3n) is 6.06. The second-order valence-corrected chi connectivity index (χ2v) is 9.14. The Hall–Kier alpha value is -3.82. The maximum absolute atomic E-state index is 13.1. The number of carbonyl (C=O) groups is 4. The normalized spacial score (nSPS) is 17.6. The van der Waals surface area contributed by atoms with E-state index in [4.69, 9.17) is 4.74 Å². The Morgan fingerprint density at radius 3 is 2.44 bits per heavy atom. The van der Waals surface area contributed by atoms with Crippen LogP contribution in [0.1, 0.15) is 49.8 Å². The Labute approximate surface area is 210 Å². The molecule has 1 aliphatic rings. The average molecular weight is 496 g/mol.